The summed E-state index contributed by atoms with van der Waals surface area (Å²) in [5.74, 6) is 1.70. The molecule has 1 aliphatic heterocycles. The second-order valence-corrected chi connectivity index (χ2v) is 5.82. The lowest BCUT2D eigenvalue weighted by atomic mass is 10.1. The van der Waals surface area contributed by atoms with Crippen molar-refractivity contribution >= 4 is 29.9 Å². The van der Waals surface area contributed by atoms with Gasteiger partial charge in [0.25, 0.3) is 0 Å². The Hall–Kier alpha value is -0.0400. The number of likely N-dealkylation sites (tertiary alicyclic amines) is 1. The summed E-state index contributed by atoms with van der Waals surface area (Å²) in [6, 6.07) is 0. The normalized spacial score (nSPS) is 17.7. The van der Waals surface area contributed by atoms with Gasteiger partial charge in [0.15, 0.2) is 5.96 Å². The summed E-state index contributed by atoms with van der Waals surface area (Å²) < 4.78 is 0. The van der Waals surface area contributed by atoms with E-state index in [0.29, 0.717) is 5.92 Å². The summed E-state index contributed by atoms with van der Waals surface area (Å²) >= 11 is 0. The van der Waals surface area contributed by atoms with Crippen molar-refractivity contribution < 1.29 is 0 Å². The molecular formula is C15H33IN4. The second kappa shape index (κ2) is 11.6. The number of halogens is 1. The van der Waals surface area contributed by atoms with Crippen molar-refractivity contribution in [2.75, 3.05) is 46.8 Å². The Balaban J connectivity index is 0.00000361. The van der Waals surface area contributed by atoms with E-state index in [1.54, 1.807) is 0 Å². The monoisotopic (exact) mass is 396 g/mol. The average molecular weight is 396 g/mol. The van der Waals surface area contributed by atoms with Gasteiger partial charge in [-0.2, -0.15) is 0 Å². The van der Waals surface area contributed by atoms with Crippen molar-refractivity contribution in [3.05, 3.63) is 0 Å². The number of nitrogens with zero attached hydrogens (tertiary/aromatic N) is 3. The van der Waals surface area contributed by atoms with Crippen LogP contribution in [0.3, 0.4) is 0 Å². The minimum atomic E-state index is 0. The van der Waals surface area contributed by atoms with Crippen LogP contribution in [0.1, 0.15) is 39.5 Å². The van der Waals surface area contributed by atoms with Crippen LogP contribution in [-0.2, 0) is 0 Å². The Bertz CT molecular complexity index is 265. The standard InChI is InChI=1S/C15H32N4.HI/c1-5-6-9-18(4)15(16-3)17-12-14(2)13-19-10-7-8-11-19;/h14H,5-13H2,1-4H3,(H,16,17);1H. The van der Waals surface area contributed by atoms with Crippen molar-refractivity contribution in [2.45, 2.75) is 39.5 Å². The third-order valence-corrected chi connectivity index (χ3v) is 3.80. The van der Waals surface area contributed by atoms with Gasteiger partial charge in [0.1, 0.15) is 0 Å². The number of unbranched alkanes of at least 4 members (excludes halogenated alkanes) is 1. The van der Waals surface area contributed by atoms with Crippen molar-refractivity contribution in [3.63, 3.8) is 0 Å². The maximum atomic E-state index is 4.36. The molecule has 0 spiro atoms. The molecule has 1 fully saturated rings. The summed E-state index contributed by atoms with van der Waals surface area (Å²) in [4.78, 5) is 9.17. The highest BCUT2D eigenvalue weighted by Crippen LogP contribution is 2.09. The second-order valence-electron chi connectivity index (χ2n) is 5.82. The molecule has 0 saturated carbocycles. The fraction of sp³-hybridized carbons (Fsp3) is 0.933. The number of rotatable bonds is 7. The van der Waals surface area contributed by atoms with Gasteiger partial charge >= 0.3 is 0 Å². The molecule has 0 radical (unpaired) electrons. The number of aliphatic imine (C=N–C) groups is 1. The lowest BCUT2D eigenvalue weighted by molar-refractivity contribution is 0.286. The van der Waals surface area contributed by atoms with Crippen molar-refractivity contribution in [3.8, 4) is 0 Å². The average Bonchev–Trinajstić information content (AvgIpc) is 2.89. The van der Waals surface area contributed by atoms with Gasteiger partial charge in [0.2, 0.25) is 0 Å². The largest absolute Gasteiger partial charge is 0.356 e. The quantitative estimate of drug-likeness (QED) is 0.408. The summed E-state index contributed by atoms with van der Waals surface area (Å²) in [5.41, 5.74) is 0. The molecule has 4 nitrogen and oxygen atoms in total. The molecule has 1 aliphatic rings. The molecule has 20 heavy (non-hydrogen) atoms. The molecule has 1 rings (SSSR count). The third-order valence-electron chi connectivity index (χ3n) is 3.80. The highest BCUT2D eigenvalue weighted by molar-refractivity contribution is 14.0. The molecule has 0 aliphatic carbocycles. The molecule has 1 N–H and O–H groups in total. The van der Waals surface area contributed by atoms with Gasteiger partial charge in [-0.05, 0) is 38.3 Å². The van der Waals surface area contributed by atoms with E-state index in [2.05, 4.69) is 41.0 Å². The molecule has 1 heterocycles. The van der Waals surface area contributed by atoms with Crippen LogP contribution in [0.2, 0.25) is 0 Å². The molecule has 0 aromatic heterocycles. The van der Waals surface area contributed by atoms with Gasteiger partial charge in [-0.15, -0.1) is 24.0 Å². The smallest absolute Gasteiger partial charge is 0.193 e. The SMILES string of the molecule is CCCCN(C)C(=NC)NCC(C)CN1CCCC1.I. The molecule has 120 valence electrons. The van der Waals surface area contributed by atoms with Crippen LogP contribution in [0.25, 0.3) is 0 Å². The Morgan fingerprint density at radius 1 is 1.35 bits per heavy atom. The maximum absolute atomic E-state index is 4.36. The Morgan fingerprint density at radius 2 is 2.00 bits per heavy atom. The Labute approximate surface area is 142 Å². The van der Waals surface area contributed by atoms with E-state index in [0.717, 1.165) is 19.0 Å². The predicted molar refractivity (Wildman–Crippen MR) is 99.2 cm³/mol. The van der Waals surface area contributed by atoms with E-state index in [1.165, 1.54) is 45.3 Å². The molecule has 1 unspecified atom stereocenters. The zero-order valence-corrected chi connectivity index (χ0v) is 16.0. The minimum absolute atomic E-state index is 0. The minimum Gasteiger partial charge on any atom is -0.356 e. The molecular weight excluding hydrogens is 363 g/mol. The van der Waals surface area contributed by atoms with Crippen LogP contribution in [0.4, 0.5) is 0 Å². The van der Waals surface area contributed by atoms with Crippen molar-refractivity contribution in [1.82, 2.24) is 15.1 Å². The van der Waals surface area contributed by atoms with E-state index in [-0.39, 0.29) is 24.0 Å². The lowest BCUT2D eigenvalue weighted by Gasteiger charge is -2.25. The number of hydrogen-bond donors (Lipinski definition) is 1. The fourth-order valence-electron chi connectivity index (χ4n) is 2.62. The Morgan fingerprint density at radius 3 is 2.55 bits per heavy atom. The highest BCUT2D eigenvalue weighted by Gasteiger charge is 2.15. The van der Waals surface area contributed by atoms with Gasteiger partial charge in [0, 0.05) is 33.7 Å². The van der Waals surface area contributed by atoms with Crippen LogP contribution < -0.4 is 5.32 Å². The number of hydrogen-bond acceptors (Lipinski definition) is 2. The number of guanidine groups is 1. The van der Waals surface area contributed by atoms with E-state index < -0.39 is 0 Å². The highest BCUT2D eigenvalue weighted by atomic mass is 127. The van der Waals surface area contributed by atoms with E-state index in [9.17, 15) is 0 Å². The van der Waals surface area contributed by atoms with Gasteiger partial charge in [-0.25, -0.2) is 0 Å². The van der Waals surface area contributed by atoms with Crippen LogP contribution in [0.5, 0.6) is 0 Å². The number of nitrogens with one attached hydrogen (secondary N) is 1. The van der Waals surface area contributed by atoms with Gasteiger partial charge in [0.05, 0.1) is 0 Å². The molecule has 0 aromatic rings. The van der Waals surface area contributed by atoms with E-state index in [4.69, 9.17) is 0 Å². The van der Waals surface area contributed by atoms with E-state index in [1.807, 2.05) is 7.05 Å². The van der Waals surface area contributed by atoms with Gasteiger partial charge in [-0.1, -0.05) is 20.3 Å². The molecule has 0 bridgehead atoms. The van der Waals surface area contributed by atoms with Crippen LogP contribution >= 0.6 is 24.0 Å². The maximum Gasteiger partial charge on any atom is 0.193 e. The zero-order valence-electron chi connectivity index (χ0n) is 13.7. The van der Waals surface area contributed by atoms with Crippen molar-refractivity contribution in [1.29, 1.82) is 0 Å². The van der Waals surface area contributed by atoms with Gasteiger partial charge < -0.3 is 15.1 Å². The summed E-state index contributed by atoms with van der Waals surface area (Å²) in [6.07, 6.45) is 5.20. The third kappa shape index (κ3) is 7.67. The molecule has 1 atom stereocenters. The summed E-state index contributed by atoms with van der Waals surface area (Å²) in [6.45, 7) is 10.4. The van der Waals surface area contributed by atoms with E-state index >= 15 is 0 Å². The molecule has 5 heteroatoms. The first-order valence-corrected chi connectivity index (χ1v) is 7.81. The lowest BCUT2D eigenvalue weighted by Crippen LogP contribution is -2.42. The van der Waals surface area contributed by atoms with Crippen molar-refractivity contribution in [2.24, 2.45) is 10.9 Å². The molecule has 0 amide bonds. The fourth-order valence-corrected chi connectivity index (χ4v) is 2.62. The molecule has 0 aromatic carbocycles. The zero-order chi connectivity index (χ0) is 14.1. The Kier molecular flexibility index (Phi) is 11.6. The topological polar surface area (TPSA) is 30.9 Å². The summed E-state index contributed by atoms with van der Waals surface area (Å²) in [7, 11) is 3.99. The van der Waals surface area contributed by atoms with Crippen LogP contribution in [0.15, 0.2) is 4.99 Å². The summed E-state index contributed by atoms with van der Waals surface area (Å²) in [5, 5.41) is 3.50. The van der Waals surface area contributed by atoms with Gasteiger partial charge in [-0.3, -0.25) is 4.99 Å². The molecule has 1 saturated heterocycles. The van der Waals surface area contributed by atoms with Crippen LogP contribution in [-0.4, -0.2) is 62.6 Å². The predicted octanol–water partition coefficient (Wildman–Crippen LogP) is 2.64. The first kappa shape index (κ1) is 20.0. The van der Waals surface area contributed by atoms with Crippen LogP contribution in [0, 0.1) is 5.92 Å². The first-order valence-electron chi connectivity index (χ1n) is 7.81. The first-order chi connectivity index (χ1) is 9.17.